The van der Waals surface area contributed by atoms with Gasteiger partial charge >= 0.3 is 0 Å². The van der Waals surface area contributed by atoms with Crippen LogP contribution < -0.4 is 24.3 Å². The van der Waals surface area contributed by atoms with Gasteiger partial charge in [-0.15, -0.1) is 0 Å². The van der Waals surface area contributed by atoms with Crippen molar-refractivity contribution < 1.29 is 18.9 Å². The number of fused-ring (bicyclic) bond motifs is 1. The van der Waals surface area contributed by atoms with E-state index in [4.69, 9.17) is 18.9 Å². The van der Waals surface area contributed by atoms with Gasteiger partial charge in [0.15, 0.2) is 23.0 Å². The molecule has 4 rings (SSSR count). The van der Waals surface area contributed by atoms with Gasteiger partial charge < -0.3 is 24.3 Å². The van der Waals surface area contributed by atoms with Gasteiger partial charge in [0.25, 0.3) is 0 Å². The standard InChI is InChI=1S/C27H31NO4/c1-29-24-12-11-20(15-25(24)30-2)14-23-22-17-27(32-18-19-8-5-4-6-9-19)26(31-3)16-21(22)10-7-13-28-23/h4-6,8-9,11-12,15-17,23,28H,7,10,13-14,18H2,1-3H3. The van der Waals surface area contributed by atoms with Gasteiger partial charge in [0.05, 0.1) is 21.3 Å². The Hall–Kier alpha value is -3.18. The number of ether oxygens (including phenoxy) is 4. The third-order valence-corrected chi connectivity index (χ3v) is 5.94. The Balaban J connectivity index is 1.62. The van der Waals surface area contributed by atoms with E-state index >= 15 is 0 Å². The first-order chi connectivity index (χ1) is 15.7. The second-order valence-electron chi connectivity index (χ2n) is 7.98. The summed E-state index contributed by atoms with van der Waals surface area (Å²) in [6.07, 6.45) is 2.95. The molecule has 1 N–H and O–H groups in total. The van der Waals surface area contributed by atoms with Gasteiger partial charge in [-0.2, -0.15) is 0 Å². The third kappa shape index (κ3) is 5.00. The van der Waals surface area contributed by atoms with Gasteiger partial charge in [0.1, 0.15) is 6.61 Å². The molecule has 1 heterocycles. The Morgan fingerprint density at radius 3 is 2.28 bits per heavy atom. The Morgan fingerprint density at radius 2 is 1.53 bits per heavy atom. The molecule has 1 aliphatic rings. The van der Waals surface area contributed by atoms with E-state index in [1.807, 2.05) is 24.3 Å². The van der Waals surface area contributed by atoms with Crippen molar-refractivity contribution in [2.75, 3.05) is 27.9 Å². The lowest BCUT2D eigenvalue weighted by atomic mass is 9.93. The van der Waals surface area contributed by atoms with Gasteiger partial charge in [0.2, 0.25) is 0 Å². The summed E-state index contributed by atoms with van der Waals surface area (Å²) >= 11 is 0. The molecule has 1 unspecified atom stereocenters. The van der Waals surface area contributed by atoms with E-state index in [9.17, 15) is 0 Å². The number of hydrogen-bond acceptors (Lipinski definition) is 5. The van der Waals surface area contributed by atoms with Crippen LogP contribution in [0, 0.1) is 0 Å². The largest absolute Gasteiger partial charge is 0.493 e. The fourth-order valence-electron chi connectivity index (χ4n) is 4.26. The molecule has 5 heteroatoms. The summed E-state index contributed by atoms with van der Waals surface area (Å²) in [6.45, 7) is 1.47. The van der Waals surface area contributed by atoms with E-state index in [-0.39, 0.29) is 6.04 Å². The lowest BCUT2D eigenvalue weighted by Gasteiger charge is -2.22. The van der Waals surface area contributed by atoms with Crippen molar-refractivity contribution in [3.05, 3.63) is 82.9 Å². The average Bonchev–Trinajstić information content (AvgIpc) is 3.04. The normalized spacial score (nSPS) is 15.4. The van der Waals surface area contributed by atoms with Gasteiger partial charge in [-0.3, -0.25) is 0 Å². The zero-order valence-corrected chi connectivity index (χ0v) is 19.0. The summed E-state index contributed by atoms with van der Waals surface area (Å²) in [5, 5.41) is 3.72. The van der Waals surface area contributed by atoms with E-state index in [0.717, 1.165) is 54.4 Å². The SMILES string of the molecule is COc1ccc(CC2NCCCc3cc(OC)c(OCc4ccccc4)cc32)cc1OC. The molecule has 0 radical (unpaired) electrons. The van der Waals surface area contributed by atoms with Crippen molar-refractivity contribution in [3.63, 3.8) is 0 Å². The Bertz CT molecular complexity index is 1040. The number of aryl methyl sites for hydroxylation is 1. The average molecular weight is 434 g/mol. The highest BCUT2D eigenvalue weighted by Crippen LogP contribution is 2.37. The molecule has 0 aliphatic carbocycles. The molecule has 3 aromatic rings. The van der Waals surface area contributed by atoms with Crippen molar-refractivity contribution in [3.8, 4) is 23.0 Å². The van der Waals surface area contributed by atoms with Crippen molar-refractivity contribution in [1.82, 2.24) is 5.32 Å². The number of benzene rings is 3. The molecule has 0 bridgehead atoms. The molecule has 3 aromatic carbocycles. The summed E-state index contributed by atoms with van der Waals surface area (Å²) in [7, 11) is 5.03. The highest BCUT2D eigenvalue weighted by atomic mass is 16.5. The molecule has 0 saturated carbocycles. The first-order valence-electron chi connectivity index (χ1n) is 11.0. The van der Waals surface area contributed by atoms with E-state index in [0.29, 0.717) is 6.61 Å². The summed E-state index contributed by atoms with van der Waals surface area (Å²) in [5.74, 6) is 3.05. The molecular formula is C27H31NO4. The van der Waals surface area contributed by atoms with Crippen LogP contribution in [0.5, 0.6) is 23.0 Å². The van der Waals surface area contributed by atoms with E-state index in [1.165, 1.54) is 16.7 Å². The Morgan fingerprint density at radius 1 is 0.781 bits per heavy atom. The zero-order valence-electron chi connectivity index (χ0n) is 19.0. The van der Waals surface area contributed by atoms with Crippen molar-refractivity contribution >= 4 is 0 Å². The topological polar surface area (TPSA) is 49.0 Å². The molecule has 0 fully saturated rings. The third-order valence-electron chi connectivity index (χ3n) is 5.94. The van der Waals surface area contributed by atoms with Crippen LogP contribution >= 0.6 is 0 Å². The molecule has 5 nitrogen and oxygen atoms in total. The van der Waals surface area contributed by atoms with Crippen LogP contribution in [0.1, 0.15) is 34.7 Å². The maximum atomic E-state index is 6.20. The van der Waals surface area contributed by atoms with E-state index < -0.39 is 0 Å². The molecule has 32 heavy (non-hydrogen) atoms. The van der Waals surface area contributed by atoms with Crippen LogP contribution in [0.4, 0.5) is 0 Å². The first-order valence-corrected chi connectivity index (χ1v) is 11.0. The van der Waals surface area contributed by atoms with Crippen molar-refractivity contribution in [2.24, 2.45) is 0 Å². The van der Waals surface area contributed by atoms with Gasteiger partial charge in [-0.1, -0.05) is 36.4 Å². The fourth-order valence-corrected chi connectivity index (χ4v) is 4.26. The zero-order chi connectivity index (χ0) is 22.3. The highest BCUT2D eigenvalue weighted by Gasteiger charge is 2.22. The minimum atomic E-state index is 0.176. The molecule has 0 amide bonds. The number of nitrogens with one attached hydrogen (secondary N) is 1. The number of hydrogen-bond donors (Lipinski definition) is 1. The summed E-state index contributed by atoms with van der Waals surface area (Å²) in [4.78, 5) is 0. The highest BCUT2D eigenvalue weighted by molar-refractivity contribution is 5.50. The predicted octanol–water partition coefficient (Wildman–Crippen LogP) is 5.11. The quantitative estimate of drug-likeness (QED) is 0.535. The van der Waals surface area contributed by atoms with Gasteiger partial charge in [0, 0.05) is 6.04 Å². The molecular weight excluding hydrogens is 402 g/mol. The maximum absolute atomic E-state index is 6.20. The van der Waals surface area contributed by atoms with Crippen LogP contribution in [-0.2, 0) is 19.4 Å². The molecule has 168 valence electrons. The van der Waals surface area contributed by atoms with Crippen LogP contribution in [0.15, 0.2) is 60.7 Å². The number of rotatable bonds is 8. The second kappa shape index (κ2) is 10.4. The minimum absolute atomic E-state index is 0.176. The fraction of sp³-hybridized carbons (Fsp3) is 0.333. The second-order valence-corrected chi connectivity index (χ2v) is 7.98. The molecule has 1 atom stereocenters. The number of methoxy groups -OCH3 is 3. The van der Waals surface area contributed by atoms with Gasteiger partial charge in [-0.25, -0.2) is 0 Å². The van der Waals surface area contributed by atoms with Crippen LogP contribution in [0.3, 0.4) is 0 Å². The molecule has 1 aliphatic heterocycles. The lowest BCUT2D eigenvalue weighted by Crippen LogP contribution is -2.23. The van der Waals surface area contributed by atoms with Gasteiger partial charge in [-0.05, 0) is 72.3 Å². The van der Waals surface area contributed by atoms with Crippen LogP contribution in [-0.4, -0.2) is 27.9 Å². The summed E-state index contributed by atoms with van der Waals surface area (Å²) in [6, 6.07) is 20.8. The maximum Gasteiger partial charge on any atom is 0.162 e. The van der Waals surface area contributed by atoms with Crippen molar-refractivity contribution in [1.29, 1.82) is 0 Å². The van der Waals surface area contributed by atoms with Crippen LogP contribution in [0.2, 0.25) is 0 Å². The molecule has 0 aromatic heterocycles. The lowest BCUT2D eigenvalue weighted by molar-refractivity contribution is 0.283. The first kappa shape index (κ1) is 22.0. The van der Waals surface area contributed by atoms with Crippen LogP contribution in [0.25, 0.3) is 0 Å². The van der Waals surface area contributed by atoms with E-state index in [2.05, 4.69) is 41.7 Å². The molecule has 0 spiro atoms. The monoisotopic (exact) mass is 433 g/mol. The smallest absolute Gasteiger partial charge is 0.162 e. The summed E-state index contributed by atoms with van der Waals surface area (Å²) < 4.78 is 22.8. The summed E-state index contributed by atoms with van der Waals surface area (Å²) in [5.41, 5.74) is 4.89. The molecule has 0 saturated heterocycles. The van der Waals surface area contributed by atoms with Crippen molar-refractivity contribution in [2.45, 2.75) is 31.9 Å². The van der Waals surface area contributed by atoms with E-state index in [1.54, 1.807) is 21.3 Å². The Labute approximate surface area is 190 Å². The Kier molecular flexibility index (Phi) is 7.17. The predicted molar refractivity (Wildman–Crippen MR) is 126 cm³/mol. The minimum Gasteiger partial charge on any atom is -0.493 e.